The molecule has 0 unspecified atom stereocenters. The number of aromatic nitrogens is 1. The van der Waals surface area contributed by atoms with Crippen LogP contribution in [-0.4, -0.2) is 4.98 Å². The smallest absolute Gasteiger partial charge is 0.214 e. The van der Waals surface area contributed by atoms with E-state index in [4.69, 9.17) is 5.26 Å². The van der Waals surface area contributed by atoms with Crippen LogP contribution in [0.15, 0.2) is 42.6 Å². The fraction of sp³-hybridized carbons (Fsp3) is 0.0769. The largest absolute Gasteiger partial charge is 0.381 e. The monoisotopic (exact) mass is 227 g/mol. The fourth-order valence-electron chi connectivity index (χ4n) is 1.41. The molecule has 0 aliphatic carbocycles. The van der Waals surface area contributed by atoms with Crippen LogP contribution in [-0.2, 0) is 6.54 Å². The molecule has 0 radical (unpaired) electrons. The highest BCUT2D eigenvalue weighted by Gasteiger charge is 1.97. The molecule has 0 saturated carbocycles. The van der Waals surface area contributed by atoms with Crippen molar-refractivity contribution in [2.45, 2.75) is 6.54 Å². The topological polar surface area (TPSA) is 48.7 Å². The van der Waals surface area contributed by atoms with Gasteiger partial charge in [0.05, 0.1) is 11.6 Å². The van der Waals surface area contributed by atoms with Gasteiger partial charge in [0, 0.05) is 24.5 Å². The highest BCUT2D eigenvalue weighted by Crippen LogP contribution is 2.10. The number of nitrogens with zero attached hydrogens (tertiary/aromatic N) is 2. The quantitative estimate of drug-likeness (QED) is 0.820. The average molecular weight is 227 g/mol. The number of pyridine rings is 1. The van der Waals surface area contributed by atoms with Crippen molar-refractivity contribution >= 4 is 5.69 Å². The van der Waals surface area contributed by atoms with Crippen molar-refractivity contribution in [3.05, 3.63) is 59.7 Å². The summed E-state index contributed by atoms with van der Waals surface area (Å²) >= 11 is 0. The molecule has 0 bridgehead atoms. The van der Waals surface area contributed by atoms with Gasteiger partial charge in [-0.2, -0.15) is 9.65 Å². The predicted octanol–water partition coefficient (Wildman–Crippen LogP) is 2.70. The Morgan fingerprint density at radius 3 is 2.65 bits per heavy atom. The summed E-state index contributed by atoms with van der Waals surface area (Å²) < 4.78 is 12.8. The second-order valence-corrected chi connectivity index (χ2v) is 3.53. The Bertz CT molecular complexity index is 543. The summed E-state index contributed by atoms with van der Waals surface area (Å²) in [5.41, 5.74) is 2.34. The lowest BCUT2D eigenvalue weighted by Crippen LogP contribution is -2.00. The second-order valence-electron chi connectivity index (χ2n) is 3.53. The SMILES string of the molecule is N#Cc1ccc(CNc2ccnc(F)c2)cc1. The van der Waals surface area contributed by atoms with Gasteiger partial charge in [-0.05, 0) is 23.8 Å². The molecule has 1 aromatic carbocycles. The van der Waals surface area contributed by atoms with Crippen molar-refractivity contribution in [1.29, 1.82) is 5.26 Å². The third kappa shape index (κ3) is 3.02. The molecule has 0 saturated heterocycles. The number of anilines is 1. The van der Waals surface area contributed by atoms with Gasteiger partial charge in [0.25, 0.3) is 0 Å². The molecule has 4 heteroatoms. The van der Waals surface area contributed by atoms with Crippen molar-refractivity contribution in [3.8, 4) is 6.07 Å². The van der Waals surface area contributed by atoms with E-state index in [1.807, 2.05) is 12.1 Å². The van der Waals surface area contributed by atoms with Crippen LogP contribution in [0.4, 0.5) is 10.1 Å². The molecule has 1 N–H and O–H groups in total. The predicted molar refractivity (Wildman–Crippen MR) is 62.7 cm³/mol. The van der Waals surface area contributed by atoms with Crippen molar-refractivity contribution in [1.82, 2.24) is 4.98 Å². The number of halogens is 1. The Morgan fingerprint density at radius 1 is 1.24 bits per heavy atom. The number of nitrogens with one attached hydrogen (secondary N) is 1. The molecule has 0 amide bonds. The van der Waals surface area contributed by atoms with E-state index >= 15 is 0 Å². The summed E-state index contributed by atoms with van der Waals surface area (Å²) in [5, 5.41) is 11.7. The van der Waals surface area contributed by atoms with Crippen molar-refractivity contribution in [2.24, 2.45) is 0 Å². The zero-order valence-electron chi connectivity index (χ0n) is 9.02. The number of benzene rings is 1. The first-order valence-electron chi connectivity index (χ1n) is 5.12. The second kappa shape index (κ2) is 5.08. The minimum Gasteiger partial charge on any atom is -0.381 e. The van der Waals surface area contributed by atoms with Gasteiger partial charge in [0.15, 0.2) is 0 Å². The molecule has 2 rings (SSSR count). The van der Waals surface area contributed by atoms with Crippen molar-refractivity contribution in [3.63, 3.8) is 0 Å². The average Bonchev–Trinajstić information content (AvgIpc) is 2.37. The van der Waals surface area contributed by atoms with Crippen LogP contribution in [0.25, 0.3) is 0 Å². The molecule has 17 heavy (non-hydrogen) atoms. The van der Waals surface area contributed by atoms with Gasteiger partial charge in [0.1, 0.15) is 0 Å². The summed E-state index contributed by atoms with van der Waals surface area (Å²) in [5.74, 6) is -0.505. The minimum atomic E-state index is -0.505. The zero-order chi connectivity index (χ0) is 12.1. The van der Waals surface area contributed by atoms with E-state index in [2.05, 4.69) is 16.4 Å². The number of rotatable bonds is 3. The molecule has 0 aliphatic heterocycles. The summed E-state index contributed by atoms with van der Waals surface area (Å²) in [6.45, 7) is 0.579. The lowest BCUT2D eigenvalue weighted by Gasteiger charge is -2.06. The van der Waals surface area contributed by atoms with E-state index in [9.17, 15) is 4.39 Å². The van der Waals surface area contributed by atoms with Crippen molar-refractivity contribution < 1.29 is 4.39 Å². The third-order valence-electron chi connectivity index (χ3n) is 2.31. The van der Waals surface area contributed by atoms with E-state index in [0.717, 1.165) is 5.56 Å². The van der Waals surface area contributed by atoms with Gasteiger partial charge in [-0.3, -0.25) is 0 Å². The molecular formula is C13H10FN3. The molecule has 1 heterocycles. The lowest BCUT2D eigenvalue weighted by atomic mass is 10.1. The summed E-state index contributed by atoms with van der Waals surface area (Å²) in [4.78, 5) is 3.47. The Hall–Kier alpha value is -2.41. The van der Waals surface area contributed by atoms with Gasteiger partial charge in [0.2, 0.25) is 5.95 Å². The first-order chi connectivity index (χ1) is 8.28. The highest BCUT2D eigenvalue weighted by atomic mass is 19.1. The van der Waals surface area contributed by atoms with Crippen molar-refractivity contribution in [2.75, 3.05) is 5.32 Å². The Balaban J connectivity index is 2.00. The van der Waals surface area contributed by atoms with Gasteiger partial charge in [-0.15, -0.1) is 0 Å². The van der Waals surface area contributed by atoms with Crippen LogP contribution >= 0.6 is 0 Å². The molecule has 3 nitrogen and oxygen atoms in total. The van der Waals surface area contributed by atoms with Crippen LogP contribution in [0.3, 0.4) is 0 Å². The maximum absolute atomic E-state index is 12.8. The Morgan fingerprint density at radius 2 is 2.00 bits per heavy atom. The zero-order valence-corrected chi connectivity index (χ0v) is 9.02. The first kappa shape index (κ1) is 11.1. The molecular weight excluding hydrogens is 217 g/mol. The number of hydrogen-bond acceptors (Lipinski definition) is 3. The Kier molecular flexibility index (Phi) is 3.31. The molecule has 2 aromatic rings. The lowest BCUT2D eigenvalue weighted by molar-refractivity contribution is 0.584. The maximum Gasteiger partial charge on any atom is 0.214 e. The van der Waals surface area contributed by atoms with Crippen LogP contribution in [0, 0.1) is 17.3 Å². The summed E-state index contributed by atoms with van der Waals surface area (Å²) in [6, 6.07) is 12.3. The number of nitriles is 1. The standard InChI is InChI=1S/C13H10FN3/c14-13-7-12(5-6-16-13)17-9-11-3-1-10(8-15)2-4-11/h1-7H,9H2,(H,16,17). The van der Waals surface area contributed by atoms with E-state index in [-0.39, 0.29) is 0 Å². The molecule has 0 aliphatic rings. The maximum atomic E-state index is 12.8. The molecule has 0 fully saturated rings. The van der Waals surface area contributed by atoms with Gasteiger partial charge in [-0.1, -0.05) is 12.1 Å². The summed E-state index contributed by atoms with van der Waals surface area (Å²) in [6.07, 6.45) is 1.41. The van der Waals surface area contributed by atoms with E-state index in [1.165, 1.54) is 12.3 Å². The molecule has 0 atom stereocenters. The van der Waals surface area contributed by atoms with Gasteiger partial charge < -0.3 is 5.32 Å². The minimum absolute atomic E-state index is 0.505. The van der Waals surface area contributed by atoms with Crippen LogP contribution in [0.2, 0.25) is 0 Å². The van der Waals surface area contributed by atoms with Crippen LogP contribution < -0.4 is 5.32 Å². The van der Waals surface area contributed by atoms with E-state index < -0.39 is 5.95 Å². The molecule has 1 aromatic heterocycles. The van der Waals surface area contributed by atoms with Crippen LogP contribution in [0.1, 0.15) is 11.1 Å². The van der Waals surface area contributed by atoms with E-state index in [0.29, 0.717) is 17.8 Å². The fourth-order valence-corrected chi connectivity index (χ4v) is 1.41. The Labute approximate surface area is 98.5 Å². The van der Waals surface area contributed by atoms with Gasteiger partial charge in [-0.25, -0.2) is 4.98 Å². The molecule has 0 spiro atoms. The van der Waals surface area contributed by atoms with Crippen LogP contribution in [0.5, 0.6) is 0 Å². The normalized spacial score (nSPS) is 9.65. The number of hydrogen-bond donors (Lipinski definition) is 1. The van der Waals surface area contributed by atoms with Gasteiger partial charge >= 0.3 is 0 Å². The molecule has 84 valence electrons. The highest BCUT2D eigenvalue weighted by molar-refractivity contribution is 5.42. The summed E-state index contributed by atoms with van der Waals surface area (Å²) in [7, 11) is 0. The van der Waals surface area contributed by atoms with E-state index in [1.54, 1.807) is 18.2 Å². The first-order valence-corrected chi connectivity index (χ1v) is 5.12. The third-order valence-corrected chi connectivity index (χ3v) is 2.31.